The highest BCUT2D eigenvalue weighted by Crippen LogP contribution is 2.36. The molecular formula is C6H4OS2. The molecule has 0 bridgehead atoms. The third-order valence-corrected chi connectivity index (χ3v) is 2.73. The summed E-state index contributed by atoms with van der Waals surface area (Å²) in [7, 11) is 0. The van der Waals surface area contributed by atoms with Gasteiger partial charge in [0.05, 0.1) is 11.2 Å². The molecule has 9 heavy (non-hydrogen) atoms. The van der Waals surface area contributed by atoms with E-state index in [0.717, 1.165) is 5.75 Å². The molecule has 0 aromatic carbocycles. The second kappa shape index (κ2) is 2.08. The van der Waals surface area contributed by atoms with Crippen LogP contribution in [0.3, 0.4) is 0 Å². The van der Waals surface area contributed by atoms with Crippen LogP contribution in [0.25, 0.3) is 0 Å². The molecule has 1 aliphatic heterocycles. The molecule has 2 heterocycles. The van der Waals surface area contributed by atoms with E-state index in [-0.39, 0.29) is 0 Å². The van der Waals surface area contributed by atoms with Crippen LogP contribution in [0.2, 0.25) is 0 Å². The molecule has 0 amide bonds. The average Bonchev–Trinajstić information content (AvgIpc) is 2.33. The zero-order valence-electron chi connectivity index (χ0n) is 4.53. The van der Waals surface area contributed by atoms with Crippen LogP contribution in [0.4, 0.5) is 0 Å². The fourth-order valence-electron chi connectivity index (χ4n) is 0.648. The van der Waals surface area contributed by atoms with Crippen LogP contribution in [0.1, 0.15) is 0 Å². The molecule has 0 aliphatic carbocycles. The fraction of sp³-hybridized carbons (Fsp3) is 0. The lowest BCUT2D eigenvalue weighted by Crippen LogP contribution is -1.83. The van der Waals surface area contributed by atoms with E-state index in [1.165, 1.54) is 4.90 Å². The Balaban J connectivity index is 2.46. The van der Waals surface area contributed by atoms with Crippen LogP contribution in [0.15, 0.2) is 27.3 Å². The molecule has 0 radical (unpaired) electrons. The smallest absolute Gasteiger partial charge is 0.151 e. The minimum Gasteiger partial charge on any atom is -0.462 e. The fourth-order valence-corrected chi connectivity index (χ4v) is 2.21. The summed E-state index contributed by atoms with van der Waals surface area (Å²) < 4.78 is 5.17. The van der Waals surface area contributed by atoms with Crippen molar-refractivity contribution in [1.29, 1.82) is 0 Å². The minimum atomic E-state index is 0.993. The summed E-state index contributed by atoms with van der Waals surface area (Å²) in [6.45, 7) is 0. The first-order chi connectivity index (χ1) is 4.47. The number of thiophene rings is 1. The van der Waals surface area contributed by atoms with E-state index >= 15 is 0 Å². The Bertz CT molecular complexity index is 216. The number of hydrogen-bond donors (Lipinski definition) is 0. The lowest BCUT2D eigenvalue weighted by atomic mass is 10.6. The van der Waals surface area contributed by atoms with Crippen molar-refractivity contribution < 1.29 is 4.74 Å². The molecule has 0 saturated heterocycles. The summed E-state index contributed by atoms with van der Waals surface area (Å²) in [4.78, 5) is 1.22. The van der Waals surface area contributed by atoms with E-state index in [2.05, 4.69) is 5.38 Å². The van der Waals surface area contributed by atoms with Crippen molar-refractivity contribution >= 4 is 23.1 Å². The van der Waals surface area contributed by atoms with E-state index in [0.29, 0.717) is 0 Å². The van der Waals surface area contributed by atoms with Gasteiger partial charge < -0.3 is 4.74 Å². The monoisotopic (exact) mass is 156 g/mol. The van der Waals surface area contributed by atoms with Crippen molar-refractivity contribution in [3.63, 3.8) is 0 Å². The van der Waals surface area contributed by atoms with Gasteiger partial charge in [-0.3, -0.25) is 0 Å². The Labute approximate surface area is 61.3 Å². The van der Waals surface area contributed by atoms with Crippen molar-refractivity contribution in [2.45, 2.75) is 4.90 Å². The van der Waals surface area contributed by atoms with Gasteiger partial charge in [-0.15, -0.1) is 11.3 Å². The molecule has 0 fully saturated rings. The Hall–Kier alpha value is -0.410. The van der Waals surface area contributed by atoms with Gasteiger partial charge >= 0.3 is 0 Å². The average molecular weight is 156 g/mol. The maximum atomic E-state index is 5.17. The molecule has 1 aliphatic rings. The van der Waals surface area contributed by atoms with Crippen LogP contribution >= 0.6 is 23.1 Å². The second-order valence-corrected chi connectivity index (χ2v) is 3.30. The third-order valence-electron chi connectivity index (χ3n) is 1.04. The predicted octanol–water partition coefficient (Wildman–Crippen LogP) is 2.70. The van der Waals surface area contributed by atoms with Gasteiger partial charge in [-0.1, -0.05) is 11.8 Å². The molecule has 1 aromatic heterocycles. The van der Waals surface area contributed by atoms with Gasteiger partial charge in [0, 0.05) is 16.2 Å². The SMILES string of the molecule is C1=CSc2cscc2O1. The molecule has 0 unspecified atom stereocenters. The van der Waals surface area contributed by atoms with E-state index in [9.17, 15) is 0 Å². The van der Waals surface area contributed by atoms with E-state index in [4.69, 9.17) is 4.74 Å². The topological polar surface area (TPSA) is 9.23 Å². The van der Waals surface area contributed by atoms with Crippen LogP contribution in [0, 0.1) is 0 Å². The van der Waals surface area contributed by atoms with Crippen LogP contribution in [0.5, 0.6) is 5.75 Å². The first-order valence-corrected chi connectivity index (χ1v) is 4.33. The van der Waals surface area contributed by atoms with Crippen molar-refractivity contribution in [1.82, 2.24) is 0 Å². The van der Waals surface area contributed by atoms with Crippen molar-refractivity contribution in [3.05, 3.63) is 22.4 Å². The molecule has 46 valence electrons. The molecule has 3 heteroatoms. The van der Waals surface area contributed by atoms with Gasteiger partial charge in [-0.05, 0) is 0 Å². The highest BCUT2D eigenvalue weighted by Gasteiger charge is 2.05. The van der Waals surface area contributed by atoms with Gasteiger partial charge in [0.25, 0.3) is 0 Å². The Kier molecular flexibility index (Phi) is 1.24. The first-order valence-electron chi connectivity index (χ1n) is 2.51. The number of ether oxygens (including phenoxy) is 1. The van der Waals surface area contributed by atoms with Gasteiger partial charge in [0.2, 0.25) is 0 Å². The molecule has 1 aromatic rings. The lowest BCUT2D eigenvalue weighted by molar-refractivity contribution is 0.471. The summed E-state index contributed by atoms with van der Waals surface area (Å²) in [5.74, 6) is 0.993. The summed E-state index contributed by atoms with van der Waals surface area (Å²) in [5.41, 5.74) is 0. The summed E-state index contributed by atoms with van der Waals surface area (Å²) in [6.07, 6.45) is 1.71. The standard InChI is InChI=1S/C6H4OS2/c1-2-9-6-4-8-3-5(6)7-1/h1-4H. The summed E-state index contributed by atoms with van der Waals surface area (Å²) in [6, 6.07) is 0. The Morgan fingerprint density at radius 2 is 2.33 bits per heavy atom. The summed E-state index contributed by atoms with van der Waals surface area (Å²) >= 11 is 3.37. The second-order valence-electron chi connectivity index (χ2n) is 1.61. The first kappa shape index (κ1) is 5.38. The molecule has 0 saturated carbocycles. The minimum absolute atomic E-state index is 0.993. The molecule has 0 N–H and O–H groups in total. The highest BCUT2D eigenvalue weighted by atomic mass is 32.2. The highest BCUT2D eigenvalue weighted by molar-refractivity contribution is 8.02. The predicted molar refractivity (Wildman–Crippen MR) is 39.9 cm³/mol. The molecule has 1 nitrogen and oxygen atoms in total. The quantitative estimate of drug-likeness (QED) is 0.571. The van der Waals surface area contributed by atoms with Crippen molar-refractivity contribution in [3.8, 4) is 5.75 Å². The Morgan fingerprint density at radius 3 is 3.22 bits per heavy atom. The Morgan fingerprint density at radius 1 is 1.33 bits per heavy atom. The molecule has 0 atom stereocenters. The van der Waals surface area contributed by atoms with Gasteiger partial charge in [0.1, 0.15) is 0 Å². The van der Waals surface area contributed by atoms with Crippen molar-refractivity contribution in [2.75, 3.05) is 0 Å². The van der Waals surface area contributed by atoms with Gasteiger partial charge in [-0.25, -0.2) is 0 Å². The van der Waals surface area contributed by atoms with Crippen molar-refractivity contribution in [2.24, 2.45) is 0 Å². The van der Waals surface area contributed by atoms with Gasteiger partial charge in [-0.2, -0.15) is 0 Å². The van der Waals surface area contributed by atoms with E-state index in [1.54, 1.807) is 29.4 Å². The number of hydrogen-bond acceptors (Lipinski definition) is 3. The van der Waals surface area contributed by atoms with E-state index < -0.39 is 0 Å². The number of rotatable bonds is 0. The zero-order chi connectivity index (χ0) is 6.10. The molecule has 2 rings (SSSR count). The summed E-state index contributed by atoms with van der Waals surface area (Å²) in [5, 5.41) is 6.03. The lowest BCUT2D eigenvalue weighted by Gasteiger charge is -2.03. The van der Waals surface area contributed by atoms with Crippen LogP contribution in [-0.2, 0) is 0 Å². The molecule has 0 spiro atoms. The van der Waals surface area contributed by atoms with Gasteiger partial charge in [0.15, 0.2) is 5.75 Å². The largest absolute Gasteiger partial charge is 0.462 e. The number of fused-ring (bicyclic) bond motifs is 1. The van der Waals surface area contributed by atoms with Crippen LogP contribution < -0.4 is 4.74 Å². The van der Waals surface area contributed by atoms with E-state index in [1.807, 2.05) is 10.8 Å². The maximum Gasteiger partial charge on any atom is 0.151 e. The normalized spacial score (nSPS) is 14.7. The number of thioether (sulfide) groups is 1. The zero-order valence-corrected chi connectivity index (χ0v) is 6.17. The van der Waals surface area contributed by atoms with Crippen LogP contribution in [-0.4, -0.2) is 0 Å². The third kappa shape index (κ3) is 0.862. The maximum absolute atomic E-state index is 5.17. The molecular weight excluding hydrogens is 152 g/mol.